The van der Waals surface area contributed by atoms with E-state index in [9.17, 15) is 9.18 Å². The molecular weight excluding hydrogens is 303 g/mol. The van der Waals surface area contributed by atoms with Gasteiger partial charge in [0.05, 0.1) is 11.3 Å². The molecule has 22 heavy (non-hydrogen) atoms. The van der Waals surface area contributed by atoms with E-state index in [4.69, 9.17) is 5.11 Å². The van der Waals surface area contributed by atoms with Crippen molar-refractivity contribution in [3.8, 4) is 11.3 Å². The Morgan fingerprint density at radius 2 is 1.95 bits per heavy atom. The van der Waals surface area contributed by atoms with E-state index in [1.54, 1.807) is 24.3 Å². The van der Waals surface area contributed by atoms with Gasteiger partial charge in [-0.2, -0.15) is 0 Å². The van der Waals surface area contributed by atoms with Crippen LogP contribution in [0.15, 0.2) is 53.9 Å². The van der Waals surface area contributed by atoms with Gasteiger partial charge in [-0.3, -0.25) is 0 Å². The number of halogens is 1. The molecule has 1 heterocycles. The van der Waals surface area contributed by atoms with Crippen LogP contribution in [-0.2, 0) is 0 Å². The molecule has 110 valence electrons. The highest BCUT2D eigenvalue weighted by molar-refractivity contribution is 7.14. The van der Waals surface area contributed by atoms with Crippen molar-refractivity contribution in [1.29, 1.82) is 0 Å². The fraction of sp³-hybridized carbons (Fsp3) is 0. The molecule has 3 aromatic rings. The first-order valence-corrected chi connectivity index (χ1v) is 7.31. The maximum Gasteiger partial charge on any atom is 0.335 e. The number of hydrogen-bond acceptors (Lipinski definition) is 4. The summed E-state index contributed by atoms with van der Waals surface area (Å²) in [7, 11) is 0. The van der Waals surface area contributed by atoms with Gasteiger partial charge in [-0.15, -0.1) is 11.3 Å². The van der Waals surface area contributed by atoms with Crippen LogP contribution in [0.5, 0.6) is 0 Å². The van der Waals surface area contributed by atoms with E-state index >= 15 is 0 Å². The summed E-state index contributed by atoms with van der Waals surface area (Å²) in [6, 6.07) is 12.6. The van der Waals surface area contributed by atoms with Crippen molar-refractivity contribution in [1.82, 2.24) is 4.98 Å². The lowest BCUT2D eigenvalue weighted by Crippen LogP contribution is -1.95. The Labute approximate surface area is 129 Å². The molecule has 0 fully saturated rings. The van der Waals surface area contributed by atoms with E-state index < -0.39 is 5.97 Å². The number of carbonyl (C=O) groups is 1. The molecule has 6 heteroatoms. The molecule has 0 aliphatic carbocycles. The lowest BCUT2D eigenvalue weighted by Gasteiger charge is -2.02. The summed E-state index contributed by atoms with van der Waals surface area (Å²) >= 11 is 1.39. The van der Waals surface area contributed by atoms with Gasteiger partial charge in [-0.25, -0.2) is 14.2 Å². The quantitative estimate of drug-likeness (QED) is 0.749. The minimum absolute atomic E-state index is 0.221. The normalized spacial score (nSPS) is 10.4. The first kappa shape index (κ1) is 14.2. The highest BCUT2D eigenvalue weighted by Gasteiger charge is 2.08. The van der Waals surface area contributed by atoms with Crippen LogP contribution >= 0.6 is 11.3 Å². The average molecular weight is 314 g/mol. The Kier molecular flexibility index (Phi) is 3.84. The van der Waals surface area contributed by atoms with Crippen molar-refractivity contribution < 1.29 is 14.3 Å². The van der Waals surface area contributed by atoms with E-state index in [0.717, 1.165) is 11.3 Å². The van der Waals surface area contributed by atoms with E-state index in [1.165, 1.54) is 29.5 Å². The minimum atomic E-state index is -0.971. The van der Waals surface area contributed by atoms with Crippen molar-refractivity contribution in [2.24, 2.45) is 0 Å². The minimum Gasteiger partial charge on any atom is -0.478 e. The second-order valence-electron chi connectivity index (χ2n) is 4.56. The zero-order valence-electron chi connectivity index (χ0n) is 11.3. The van der Waals surface area contributed by atoms with Crippen LogP contribution < -0.4 is 5.32 Å². The van der Waals surface area contributed by atoms with Crippen molar-refractivity contribution in [2.75, 3.05) is 5.32 Å². The second kappa shape index (κ2) is 5.95. The van der Waals surface area contributed by atoms with E-state index in [0.29, 0.717) is 10.8 Å². The van der Waals surface area contributed by atoms with Crippen molar-refractivity contribution in [3.63, 3.8) is 0 Å². The Bertz CT molecular complexity index is 815. The number of hydrogen-bond donors (Lipinski definition) is 2. The summed E-state index contributed by atoms with van der Waals surface area (Å²) in [4.78, 5) is 15.4. The highest BCUT2D eigenvalue weighted by atomic mass is 32.1. The molecule has 0 saturated carbocycles. The second-order valence-corrected chi connectivity index (χ2v) is 5.41. The molecule has 2 N–H and O–H groups in total. The van der Waals surface area contributed by atoms with Crippen molar-refractivity contribution >= 4 is 28.1 Å². The van der Waals surface area contributed by atoms with Gasteiger partial charge in [-0.1, -0.05) is 12.1 Å². The van der Waals surface area contributed by atoms with Crippen molar-refractivity contribution in [2.45, 2.75) is 0 Å². The van der Waals surface area contributed by atoms with Gasteiger partial charge in [0, 0.05) is 16.6 Å². The van der Waals surface area contributed by atoms with Gasteiger partial charge in [0.25, 0.3) is 0 Å². The molecule has 4 nitrogen and oxygen atoms in total. The number of anilines is 2. The Morgan fingerprint density at radius 3 is 2.68 bits per heavy atom. The highest BCUT2D eigenvalue weighted by Crippen LogP contribution is 2.27. The third-order valence-corrected chi connectivity index (χ3v) is 3.76. The molecule has 0 bridgehead atoms. The van der Waals surface area contributed by atoms with Gasteiger partial charge in [0.15, 0.2) is 5.13 Å². The van der Waals surface area contributed by atoms with Crippen LogP contribution in [0.2, 0.25) is 0 Å². The van der Waals surface area contributed by atoms with Crippen LogP contribution in [0.3, 0.4) is 0 Å². The van der Waals surface area contributed by atoms with Gasteiger partial charge in [-0.05, 0) is 36.4 Å². The number of aromatic carboxylic acids is 1. The molecule has 0 aliphatic rings. The molecule has 0 spiro atoms. The number of nitrogens with one attached hydrogen (secondary N) is 1. The molecule has 0 atom stereocenters. The lowest BCUT2D eigenvalue weighted by atomic mass is 10.1. The number of nitrogens with zero attached hydrogens (tertiary/aromatic N) is 1. The summed E-state index contributed by atoms with van der Waals surface area (Å²) in [6.07, 6.45) is 0. The zero-order valence-corrected chi connectivity index (χ0v) is 12.1. The molecule has 0 aliphatic heterocycles. The summed E-state index contributed by atoms with van der Waals surface area (Å²) in [5.41, 5.74) is 2.39. The third-order valence-electron chi connectivity index (χ3n) is 3.00. The summed E-state index contributed by atoms with van der Waals surface area (Å²) in [5.74, 6) is -1.27. The van der Waals surface area contributed by atoms with Crippen molar-refractivity contribution in [3.05, 3.63) is 65.3 Å². The maximum absolute atomic E-state index is 12.9. The fourth-order valence-electron chi connectivity index (χ4n) is 1.93. The van der Waals surface area contributed by atoms with Gasteiger partial charge in [0.2, 0.25) is 0 Å². The van der Waals surface area contributed by atoms with Gasteiger partial charge >= 0.3 is 5.97 Å². The molecule has 0 saturated heterocycles. The standard InChI is InChI=1S/C16H11FN2O2S/c17-12-4-6-13(7-5-12)18-16-19-14(9-22-16)10-2-1-3-11(8-10)15(20)21/h1-9H,(H,18,19)(H,20,21). The monoisotopic (exact) mass is 314 g/mol. The largest absolute Gasteiger partial charge is 0.478 e. The molecule has 0 unspecified atom stereocenters. The molecule has 0 amide bonds. The average Bonchev–Trinajstić information content (AvgIpc) is 2.98. The van der Waals surface area contributed by atoms with Crippen LogP contribution in [0, 0.1) is 5.82 Å². The van der Waals surface area contributed by atoms with Crippen LogP contribution in [0.1, 0.15) is 10.4 Å². The number of benzene rings is 2. The number of thiazole rings is 1. The first-order valence-electron chi connectivity index (χ1n) is 6.44. The number of carboxylic acids is 1. The van der Waals surface area contributed by atoms with Crippen LogP contribution in [0.25, 0.3) is 11.3 Å². The fourth-order valence-corrected chi connectivity index (χ4v) is 2.67. The van der Waals surface area contributed by atoms with Gasteiger partial charge < -0.3 is 10.4 Å². The third kappa shape index (κ3) is 3.12. The molecule has 3 rings (SSSR count). The summed E-state index contributed by atoms with van der Waals surface area (Å²) in [6.45, 7) is 0. The number of carboxylic acid groups (broad SMARTS) is 1. The predicted octanol–water partition coefficient (Wildman–Crippen LogP) is 4.39. The lowest BCUT2D eigenvalue weighted by molar-refractivity contribution is 0.0697. The molecule has 2 aromatic carbocycles. The summed E-state index contributed by atoms with van der Waals surface area (Å²) in [5, 5.41) is 14.6. The zero-order chi connectivity index (χ0) is 15.5. The number of aromatic nitrogens is 1. The van der Waals surface area contributed by atoms with Crippen LogP contribution in [-0.4, -0.2) is 16.1 Å². The molecular formula is C16H11FN2O2S. The molecule has 0 radical (unpaired) electrons. The summed E-state index contributed by atoms with van der Waals surface area (Å²) < 4.78 is 12.9. The Balaban J connectivity index is 1.83. The van der Waals surface area contributed by atoms with E-state index in [-0.39, 0.29) is 11.4 Å². The maximum atomic E-state index is 12.9. The SMILES string of the molecule is O=C(O)c1cccc(-c2csc(Nc3ccc(F)cc3)n2)c1. The Morgan fingerprint density at radius 1 is 1.18 bits per heavy atom. The van der Waals surface area contributed by atoms with E-state index in [2.05, 4.69) is 10.3 Å². The topological polar surface area (TPSA) is 62.2 Å². The van der Waals surface area contributed by atoms with Gasteiger partial charge in [0.1, 0.15) is 5.82 Å². The Hall–Kier alpha value is -2.73. The smallest absolute Gasteiger partial charge is 0.335 e. The van der Waals surface area contributed by atoms with Crippen LogP contribution in [0.4, 0.5) is 15.2 Å². The molecule has 1 aromatic heterocycles. The predicted molar refractivity (Wildman–Crippen MR) is 84.2 cm³/mol. The number of rotatable bonds is 4. The first-order chi connectivity index (χ1) is 10.6. The van der Waals surface area contributed by atoms with E-state index in [1.807, 2.05) is 11.4 Å².